The van der Waals surface area contributed by atoms with Gasteiger partial charge in [0.15, 0.2) is 6.29 Å². The van der Waals surface area contributed by atoms with E-state index in [1.807, 2.05) is 19.1 Å². The molecular formula is C25H40O3. The van der Waals surface area contributed by atoms with Crippen molar-refractivity contribution in [2.45, 2.75) is 103 Å². The Bertz CT molecular complexity index is 514. The predicted octanol–water partition coefficient (Wildman–Crippen LogP) is 6.81. The van der Waals surface area contributed by atoms with Crippen LogP contribution in [0.1, 0.15) is 83.6 Å². The summed E-state index contributed by atoms with van der Waals surface area (Å²) in [5.74, 6) is 0. The predicted molar refractivity (Wildman–Crippen MR) is 116 cm³/mol. The van der Waals surface area contributed by atoms with E-state index < -0.39 is 0 Å². The van der Waals surface area contributed by atoms with E-state index in [0.29, 0.717) is 13.2 Å². The lowest BCUT2D eigenvalue weighted by Crippen LogP contribution is -2.37. The standard InChI is InChI=1S/C25H40O3/c1-3-5-6-7-8-9-10-14-18-23(27-21-22-16-12-11-13-17-22)24-19-15-20-25(28-24)26-4-2/h11-13,15-17,20,23-25H,3-10,14,18-19,21H2,1-2H3/t23-,24-,25?/m1/s1. The van der Waals surface area contributed by atoms with Crippen molar-refractivity contribution in [1.29, 1.82) is 0 Å². The average molecular weight is 389 g/mol. The smallest absolute Gasteiger partial charge is 0.177 e. The van der Waals surface area contributed by atoms with E-state index in [-0.39, 0.29) is 18.5 Å². The quantitative estimate of drug-likeness (QED) is 0.244. The highest BCUT2D eigenvalue weighted by Crippen LogP contribution is 2.23. The lowest BCUT2D eigenvalue weighted by atomic mass is 10.0. The fourth-order valence-electron chi connectivity index (χ4n) is 3.73. The lowest BCUT2D eigenvalue weighted by Gasteiger charge is -2.32. The van der Waals surface area contributed by atoms with E-state index in [1.165, 1.54) is 56.9 Å². The van der Waals surface area contributed by atoms with Gasteiger partial charge >= 0.3 is 0 Å². The maximum atomic E-state index is 6.34. The molecule has 0 amide bonds. The molecule has 0 spiro atoms. The van der Waals surface area contributed by atoms with Crippen molar-refractivity contribution in [2.24, 2.45) is 0 Å². The zero-order valence-electron chi connectivity index (χ0n) is 18.0. The van der Waals surface area contributed by atoms with Crippen molar-refractivity contribution in [3.8, 4) is 0 Å². The largest absolute Gasteiger partial charge is 0.371 e. The van der Waals surface area contributed by atoms with E-state index in [2.05, 4.69) is 37.3 Å². The van der Waals surface area contributed by atoms with Gasteiger partial charge in [-0.05, 0) is 31.4 Å². The van der Waals surface area contributed by atoms with Gasteiger partial charge in [-0.3, -0.25) is 0 Å². The highest BCUT2D eigenvalue weighted by molar-refractivity contribution is 5.13. The van der Waals surface area contributed by atoms with Crippen molar-refractivity contribution < 1.29 is 14.2 Å². The Labute approximate surface area is 172 Å². The molecule has 3 heteroatoms. The number of benzene rings is 1. The van der Waals surface area contributed by atoms with Gasteiger partial charge < -0.3 is 14.2 Å². The number of hydrogen-bond donors (Lipinski definition) is 0. The molecule has 1 aromatic carbocycles. The minimum Gasteiger partial charge on any atom is -0.371 e. The van der Waals surface area contributed by atoms with Crippen LogP contribution >= 0.6 is 0 Å². The van der Waals surface area contributed by atoms with E-state index in [4.69, 9.17) is 14.2 Å². The maximum absolute atomic E-state index is 6.34. The van der Waals surface area contributed by atoms with Gasteiger partial charge in [0.1, 0.15) is 0 Å². The van der Waals surface area contributed by atoms with E-state index in [1.54, 1.807) is 0 Å². The van der Waals surface area contributed by atoms with Gasteiger partial charge in [0, 0.05) is 6.61 Å². The molecule has 1 aromatic rings. The van der Waals surface area contributed by atoms with Crippen molar-refractivity contribution in [3.05, 3.63) is 48.0 Å². The van der Waals surface area contributed by atoms with Crippen LogP contribution in [0.25, 0.3) is 0 Å². The molecule has 0 aliphatic carbocycles. The second kappa shape index (κ2) is 14.8. The number of hydrogen-bond acceptors (Lipinski definition) is 3. The summed E-state index contributed by atoms with van der Waals surface area (Å²) in [6.07, 6.45) is 16.8. The van der Waals surface area contributed by atoms with Crippen molar-refractivity contribution in [3.63, 3.8) is 0 Å². The summed E-state index contributed by atoms with van der Waals surface area (Å²) < 4.78 is 18.2. The molecule has 158 valence electrons. The van der Waals surface area contributed by atoms with Crippen LogP contribution in [-0.2, 0) is 20.8 Å². The SMILES string of the molecule is CCCCCCCCCC[C@@H](OCc1ccccc1)[C@H]1CC=CC(OCC)O1. The molecule has 0 radical (unpaired) electrons. The molecule has 0 N–H and O–H groups in total. The average Bonchev–Trinajstić information content (AvgIpc) is 2.73. The normalized spacial score (nSPS) is 20.4. The minimum atomic E-state index is -0.231. The van der Waals surface area contributed by atoms with Crippen LogP contribution in [0.3, 0.4) is 0 Å². The van der Waals surface area contributed by atoms with Gasteiger partial charge in [-0.2, -0.15) is 0 Å². The second-order valence-electron chi connectivity index (χ2n) is 7.76. The molecule has 0 saturated carbocycles. The zero-order chi connectivity index (χ0) is 19.9. The summed E-state index contributed by atoms with van der Waals surface area (Å²) in [5, 5.41) is 0. The molecule has 2 rings (SSSR count). The Morgan fingerprint density at radius 1 is 0.964 bits per heavy atom. The molecule has 0 bridgehead atoms. The Morgan fingerprint density at radius 3 is 2.39 bits per heavy atom. The zero-order valence-corrected chi connectivity index (χ0v) is 18.0. The number of ether oxygens (including phenoxy) is 3. The number of unbranched alkanes of at least 4 members (excludes halogenated alkanes) is 7. The molecule has 0 saturated heterocycles. The fraction of sp³-hybridized carbons (Fsp3) is 0.680. The van der Waals surface area contributed by atoms with E-state index in [9.17, 15) is 0 Å². The fourth-order valence-corrected chi connectivity index (χ4v) is 3.73. The summed E-state index contributed by atoms with van der Waals surface area (Å²) in [6.45, 7) is 5.58. The van der Waals surface area contributed by atoms with Crippen LogP contribution in [0.4, 0.5) is 0 Å². The molecule has 0 fully saturated rings. The van der Waals surface area contributed by atoms with Crippen molar-refractivity contribution in [1.82, 2.24) is 0 Å². The van der Waals surface area contributed by atoms with E-state index in [0.717, 1.165) is 12.8 Å². The van der Waals surface area contributed by atoms with Gasteiger partial charge in [-0.25, -0.2) is 0 Å². The maximum Gasteiger partial charge on any atom is 0.177 e. The topological polar surface area (TPSA) is 27.7 Å². The van der Waals surface area contributed by atoms with Crippen molar-refractivity contribution >= 4 is 0 Å². The highest BCUT2D eigenvalue weighted by Gasteiger charge is 2.27. The lowest BCUT2D eigenvalue weighted by molar-refractivity contribution is -0.182. The van der Waals surface area contributed by atoms with Crippen LogP contribution in [-0.4, -0.2) is 25.1 Å². The molecule has 1 aliphatic rings. The molecule has 3 nitrogen and oxygen atoms in total. The summed E-state index contributed by atoms with van der Waals surface area (Å²) in [5.41, 5.74) is 1.22. The molecule has 3 atom stereocenters. The number of rotatable bonds is 15. The first-order chi connectivity index (χ1) is 13.8. The Balaban J connectivity index is 1.78. The highest BCUT2D eigenvalue weighted by atomic mass is 16.7. The molecule has 1 heterocycles. The Kier molecular flexibility index (Phi) is 12.2. The minimum absolute atomic E-state index is 0.0785. The molecular weight excluding hydrogens is 348 g/mol. The van der Waals surface area contributed by atoms with Gasteiger partial charge in [-0.1, -0.05) is 94.7 Å². The second-order valence-corrected chi connectivity index (χ2v) is 7.76. The van der Waals surface area contributed by atoms with Gasteiger partial charge in [0.25, 0.3) is 0 Å². The summed E-state index contributed by atoms with van der Waals surface area (Å²) >= 11 is 0. The Morgan fingerprint density at radius 2 is 1.68 bits per heavy atom. The van der Waals surface area contributed by atoms with Crippen LogP contribution in [0.5, 0.6) is 0 Å². The third kappa shape index (κ3) is 9.36. The van der Waals surface area contributed by atoms with Gasteiger partial charge in [0.2, 0.25) is 0 Å². The van der Waals surface area contributed by atoms with Crippen LogP contribution < -0.4 is 0 Å². The van der Waals surface area contributed by atoms with Crippen LogP contribution in [0.15, 0.2) is 42.5 Å². The van der Waals surface area contributed by atoms with Gasteiger partial charge in [0.05, 0.1) is 18.8 Å². The van der Waals surface area contributed by atoms with Gasteiger partial charge in [-0.15, -0.1) is 0 Å². The third-order valence-corrected chi connectivity index (χ3v) is 5.37. The summed E-state index contributed by atoms with van der Waals surface area (Å²) in [6, 6.07) is 10.4. The van der Waals surface area contributed by atoms with Crippen molar-refractivity contribution in [2.75, 3.05) is 6.61 Å². The third-order valence-electron chi connectivity index (χ3n) is 5.37. The first-order valence-electron chi connectivity index (χ1n) is 11.4. The monoisotopic (exact) mass is 388 g/mol. The summed E-state index contributed by atoms with van der Waals surface area (Å²) in [7, 11) is 0. The van der Waals surface area contributed by atoms with E-state index >= 15 is 0 Å². The molecule has 1 unspecified atom stereocenters. The first kappa shape index (κ1) is 23.1. The summed E-state index contributed by atoms with van der Waals surface area (Å²) in [4.78, 5) is 0. The van der Waals surface area contributed by atoms with Crippen LogP contribution in [0, 0.1) is 0 Å². The molecule has 0 aromatic heterocycles. The first-order valence-corrected chi connectivity index (χ1v) is 11.4. The molecule has 28 heavy (non-hydrogen) atoms. The molecule has 1 aliphatic heterocycles. The Hall–Kier alpha value is -1.16. The van der Waals surface area contributed by atoms with Crippen LogP contribution in [0.2, 0.25) is 0 Å².